The first kappa shape index (κ1) is 19.2. The van der Waals surface area contributed by atoms with E-state index in [-0.39, 0.29) is 12.8 Å². The van der Waals surface area contributed by atoms with E-state index in [9.17, 15) is 19.8 Å². The van der Waals surface area contributed by atoms with Crippen LogP contribution in [0.3, 0.4) is 0 Å². The molecule has 6 heteroatoms. The summed E-state index contributed by atoms with van der Waals surface area (Å²) in [7, 11) is 0. The fraction of sp³-hybridized carbons (Fsp3) is 0.833. The van der Waals surface area contributed by atoms with E-state index >= 15 is 0 Å². The number of carboxylic acid groups (broad SMARTS) is 2. The van der Waals surface area contributed by atoms with Gasteiger partial charge in [0.05, 0.1) is 13.1 Å². The lowest BCUT2D eigenvalue weighted by Gasteiger charge is -2.01. The normalized spacial score (nSPS) is 9.44. The summed E-state index contributed by atoms with van der Waals surface area (Å²) in [6.07, 6.45) is 5.81. The number of hydrogen-bond donors (Lipinski definition) is 2. The van der Waals surface area contributed by atoms with Crippen LogP contribution in [0.5, 0.6) is 0 Å². The molecular formula is C12H26N2O4. The predicted molar refractivity (Wildman–Crippen MR) is 62.5 cm³/mol. The molecule has 0 aliphatic heterocycles. The minimum absolute atomic E-state index is 0.0761. The van der Waals surface area contributed by atoms with Crippen molar-refractivity contribution in [2.45, 2.75) is 51.4 Å². The van der Waals surface area contributed by atoms with Crippen molar-refractivity contribution in [1.29, 1.82) is 0 Å². The monoisotopic (exact) mass is 262 g/mol. The number of hydrogen-bond acceptors (Lipinski definition) is 4. The molecule has 0 unspecified atom stereocenters. The van der Waals surface area contributed by atoms with Crippen LogP contribution >= 0.6 is 0 Å². The van der Waals surface area contributed by atoms with E-state index in [1.54, 1.807) is 0 Å². The molecule has 0 aromatic rings. The van der Waals surface area contributed by atoms with Crippen molar-refractivity contribution >= 4 is 11.9 Å². The van der Waals surface area contributed by atoms with E-state index in [4.69, 9.17) is 0 Å². The van der Waals surface area contributed by atoms with Crippen molar-refractivity contribution < 1.29 is 31.3 Å². The van der Waals surface area contributed by atoms with E-state index in [1.165, 1.54) is 25.7 Å². The van der Waals surface area contributed by atoms with Crippen LogP contribution in [0.2, 0.25) is 0 Å². The van der Waals surface area contributed by atoms with Gasteiger partial charge in [-0.15, -0.1) is 0 Å². The Morgan fingerprint density at radius 2 is 1.00 bits per heavy atom. The molecule has 0 aromatic carbocycles. The summed E-state index contributed by atoms with van der Waals surface area (Å²) in [5.74, 6) is -2.28. The van der Waals surface area contributed by atoms with Crippen LogP contribution < -0.4 is 21.7 Å². The molecule has 18 heavy (non-hydrogen) atoms. The molecule has 0 amide bonds. The maximum Gasteiger partial charge on any atom is 0.0739 e. The Morgan fingerprint density at radius 1 is 0.667 bits per heavy atom. The number of unbranched alkanes of at least 4 members (excludes halogenated alkanes) is 4. The van der Waals surface area contributed by atoms with Crippen LogP contribution in [-0.4, -0.2) is 25.0 Å². The second-order valence-corrected chi connectivity index (χ2v) is 4.07. The number of carbonyl (C=O) groups excluding carboxylic acids is 2. The number of quaternary nitrogens is 2. The molecule has 0 fully saturated rings. The molecule has 0 rings (SSSR count). The van der Waals surface area contributed by atoms with Gasteiger partial charge in [0, 0.05) is 11.9 Å². The fourth-order valence-corrected chi connectivity index (χ4v) is 1.25. The largest absolute Gasteiger partial charge is 0.550 e. The summed E-state index contributed by atoms with van der Waals surface area (Å²) in [4.78, 5) is 19.5. The molecule has 108 valence electrons. The van der Waals surface area contributed by atoms with Gasteiger partial charge in [-0.05, 0) is 51.4 Å². The van der Waals surface area contributed by atoms with E-state index < -0.39 is 11.9 Å². The van der Waals surface area contributed by atoms with Crippen LogP contribution in [-0.2, 0) is 9.59 Å². The average Bonchev–Trinajstić information content (AvgIpc) is 2.31. The summed E-state index contributed by atoms with van der Waals surface area (Å²) >= 11 is 0. The molecule has 0 spiro atoms. The van der Waals surface area contributed by atoms with Gasteiger partial charge in [-0.25, -0.2) is 0 Å². The lowest BCUT2D eigenvalue weighted by atomic mass is 10.2. The summed E-state index contributed by atoms with van der Waals surface area (Å²) < 4.78 is 0. The van der Waals surface area contributed by atoms with Crippen molar-refractivity contribution in [1.82, 2.24) is 0 Å². The van der Waals surface area contributed by atoms with Crippen molar-refractivity contribution in [3.05, 3.63) is 0 Å². The van der Waals surface area contributed by atoms with Gasteiger partial charge in [-0.3, -0.25) is 0 Å². The highest BCUT2D eigenvalue weighted by atomic mass is 16.4. The highest BCUT2D eigenvalue weighted by Gasteiger charge is 1.89. The molecule has 6 nitrogen and oxygen atoms in total. The number of carboxylic acids is 2. The van der Waals surface area contributed by atoms with E-state index in [2.05, 4.69) is 11.5 Å². The van der Waals surface area contributed by atoms with Crippen LogP contribution in [0.1, 0.15) is 51.4 Å². The first-order chi connectivity index (χ1) is 8.54. The fourth-order valence-electron chi connectivity index (χ4n) is 1.25. The van der Waals surface area contributed by atoms with Gasteiger partial charge in [-0.2, -0.15) is 0 Å². The van der Waals surface area contributed by atoms with Crippen LogP contribution in [0, 0.1) is 0 Å². The minimum Gasteiger partial charge on any atom is -0.550 e. The Hall–Kier alpha value is -1.14. The lowest BCUT2D eigenvalue weighted by molar-refractivity contribution is -0.371. The number of carbonyl (C=O) groups is 2. The second kappa shape index (κ2) is 15.9. The average molecular weight is 262 g/mol. The quantitative estimate of drug-likeness (QED) is 0.407. The van der Waals surface area contributed by atoms with Gasteiger partial charge in [0.15, 0.2) is 0 Å². The molecule has 0 radical (unpaired) electrons. The SMILES string of the molecule is O=C([O-])CCCCC(=O)[O-].[NH3+]CCCCCC[NH3+]. The Bertz CT molecular complexity index is 188. The van der Waals surface area contributed by atoms with E-state index in [0.717, 1.165) is 13.1 Å². The standard InChI is InChI=1S/C6H16N2.C6H10O4/c7-5-3-1-2-4-6-8;7-5(8)3-1-2-4-6(9)10/h1-8H2;1-4H2,(H,7,8)(H,9,10). The first-order valence-corrected chi connectivity index (χ1v) is 6.52. The van der Waals surface area contributed by atoms with Crippen molar-refractivity contribution in [3.63, 3.8) is 0 Å². The van der Waals surface area contributed by atoms with Gasteiger partial charge in [-0.1, -0.05) is 0 Å². The van der Waals surface area contributed by atoms with Crippen LogP contribution in [0.4, 0.5) is 0 Å². The Labute approximate surface area is 108 Å². The zero-order valence-electron chi connectivity index (χ0n) is 11.1. The molecule has 0 heterocycles. The molecule has 0 bridgehead atoms. The summed E-state index contributed by atoms with van der Waals surface area (Å²) in [5.41, 5.74) is 7.54. The molecule has 0 atom stereocenters. The smallest absolute Gasteiger partial charge is 0.0739 e. The maximum absolute atomic E-state index is 9.77. The van der Waals surface area contributed by atoms with Gasteiger partial charge in [0.1, 0.15) is 0 Å². The van der Waals surface area contributed by atoms with Crippen molar-refractivity contribution in [2.75, 3.05) is 13.1 Å². The maximum atomic E-state index is 9.77. The van der Waals surface area contributed by atoms with Crippen LogP contribution in [0.15, 0.2) is 0 Å². The molecule has 0 saturated carbocycles. The van der Waals surface area contributed by atoms with Crippen molar-refractivity contribution in [3.8, 4) is 0 Å². The first-order valence-electron chi connectivity index (χ1n) is 6.52. The minimum atomic E-state index is -1.14. The lowest BCUT2D eigenvalue weighted by Crippen LogP contribution is -2.50. The van der Waals surface area contributed by atoms with Crippen LogP contribution in [0.25, 0.3) is 0 Å². The molecule has 0 aliphatic carbocycles. The van der Waals surface area contributed by atoms with Gasteiger partial charge in [0.2, 0.25) is 0 Å². The summed E-state index contributed by atoms with van der Waals surface area (Å²) in [6, 6.07) is 0. The molecule has 0 aromatic heterocycles. The van der Waals surface area contributed by atoms with Gasteiger partial charge >= 0.3 is 0 Å². The molecule has 0 saturated heterocycles. The zero-order valence-corrected chi connectivity index (χ0v) is 11.1. The summed E-state index contributed by atoms with van der Waals surface area (Å²) in [5, 5.41) is 19.5. The third kappa shape index (κ3) is 24.2. The van der Waals surface area contributed by atoms with Gasteiger partial charge < -0.3 is 31.3 Å². The Balaban J connectivity index is 0. The highest BCUT2D eigenvalue weighted by molar-refractivity contribution is 5.65. The second-order valence-electron chi connectivity index (χ2n) is 4.07. The molecule has 0 aliphatic rings. The Morgan fingerprint density at radius 3 is 1.22 bits per heavy atom. The Kier molecular flexibility index (Phi) is 16.9. The predicted octanol–water partition coefficient (Wildman–Crippen LogP) is -2.92. The van der Waals surface area contributed by atoms with Gasteiger partial charge in [0.25, 0.3) is 0 Å². The highest BCUT2D eigenvalue weighted by Crippen LogP contribution is 1.97. The van der Waals surface area contributed by atoms with Crippen molar-refractivity contribution in [2.24, 2.45) is 0 Å². The van der Waals surface area contributed by atoms with E-state index in [1.807, 2.05) is 0 Å². The molecule has 6 N–H and O–H groups in total. The number of rotatable bonds is 10. The zero-order chi connectivity index (χ0) is 14.2. The third-order valence-corrected chi connectivity index (χ3v) is 2.26. The van der Waals surface area contributed by atoms with E-state index in [0.29, 0.717) is 12.8 Å². The topological polar surface area (TPSA) is 136 Å². The molecular weight excluding hydrogens is 236 g/mol. The third-order valence-electron chi connectivity index (χ3n) is 2.26. The summed E-state index contributed by atoms with van der Waals surface area (Å²) in [6.45, 7) is 2.19. The number of aliphatic carboxylic acids is 2.